The molecule has 0 atom stereocenters. The molecule has 3 aliphatic rings. The van der Waals surface area contributed by atoms with E-state index in [4.69, 9.17) is 4.74 Å². The summed E-state index contributed by atoms with van der Waals surface area (Å²) in [5.41, 5.74) is 2.20. The topological polar surface area (TPSA) is 32.8 Å². The van der Waals surface area contributed by atoms with Crippen molar-refractivity contribution in [2.45, 2.75) is 6.61 Å². The molecule has 4 heteroatoms. The molecule has 4 nitrogen and oxygen atoms in total. The van der Waals surface area contributed by atoms with E-state index in [0.717, 1.165) is 18.0 Å². The van der Waals surface area contributed by atoms with Gasteiger partial charge >= 0.3 is 6.03 Å². The zero-order chi connectivity index (χ0) is 15.4. The smallest absolute Gasteiger partial charge is 0.328 e. The van der Waals surface area contributed by atoms with Gasteiger partial charge in [0.05, 0.1) is 0 Å². The molecule has 5 rings (SSSR count). The largest absolute Gasteiger partial charge is 0.489 e. The number of benzene rings is 2. The van der Waals surface area contributed by atoms with E-state index >= 15 is 0 Å². The SMILES string of the molecule is CN1C=CCN(c2ccccc2)C1=O.c1cc2ccc1CO2. The fraction of sp³-hybridized carbons (Fsp3) is 0.167. The Morgan fingerprint density at radius 3 is 2.23 bits per heavy atom. The molecule has 0 saturated heterocycles. The van der Waals surface area contributed by atoms with E-state index in [1.807, 2.05) is 48.5 Å². The summed E-state index contributed by atoms with van der Waals surface area (Å²) in [7, 11) is 1.76. The first-order chi connectivity index (χ1) is 10.7. The molecule has 0 N–H and O–H groups in total. The number of carbonyl (C=O) groups is 1. The number of carbonyl (C=O) groups excluding carboxylic acids is 1. The molecular weight excluding hydrogens is 276 g/mol. The van der Waals surface area contributed by atoms with Gasteiger partial charge in [0.15, 0.2) is 0 Å². The minimum atomic E-state index is 0.0127. The molecule has 0 fully saturated rings. The Bertz CT molecular complexity index is 642. The molecule has 0 spiro atoms. The van der Waals surface area contributed by atoms with Gasteiger partial charge in [-0.25, -0.2) is 4.79 Å². The van der Waals surface area contributed by atoms with Crippen LogP contribution in [-0.4, -0.2) is 24.5 Å². The monoisotopic (exact) mass is 294 g/mol. The second-order valence-electron chi connectivity index (χ2n) is 5.16. The van der Waals surface area contributed by atoms with Crippen LogP contribution >= 0.6 is 0 Å². The molecular formula is C18H18N2O2. The van der Waals surface area contributed by atoms with Crippen LogP contribution < -0.4 is 9.64 Å². The number of urea groups is 1. The van der Waals surface area contributed by atoms with Crippen LogP contribution in [0, 0.1) is 0 Å². The first kappa shape index (κ1) is 14.2. The number of amides is 2. The van der Waals surface area contributed by atoms with Gasteiger partial charge in [0, 0.05) is 25.5 Å². The van der Waals surface area contributed by atoms with E-state index in [1.165, 1.54) is 5.56 Å². The lowest BCUT2D eigenvalue weighted by Gasteiger charge is -2.28. The number of para-hydroxylation sites is 1. The van der Waals surface area contributed by atoms with Crippen LogP contribution in [0.25, 0.3) is 0 Å². The van der Waals surface area contributed by atoms with Gasteiger partial charge < -0.3 is 9.64 Å². The van der Waals surface area contributed by atoms with E-state index in [1.54, 1.807) is 23.0 Å². The molecule has 0 saturated carbocycles. The standard InChI is InChI=1S/C11H12N2O.C7H6O/c1-12-8-5-9-13(11(12)14)10-6-3-2-4-7-10;1-3-7-4-2-6(1)5-8-7/h2-8H,9H2,1H3;1-4H,5H2. The fourth-order valence-electron chi connectivity index (χ4n) is 2.32. The predicted octanol–water partition coefficient (Wildman–Crippen LogP) is 3.65. The Balaban J connectivity index is 0.000000151. The van der Waals surface area contributed by atoms with Crippen molar-refractivity contribution >= 4 is 11.7 Å². The van der Waals surface area contributed by atoms with Gasteiger partial charge in [-0.05, 0) is 35.9 Å². The van der Waals surface area contributed by atoms with Crippen LogP contribution in [0.3, 0.4) is 0 Å². The third kappa shape index (κ3) is 3.11. The predicted molar refractivity (Wildman–Crippen MR) is 86.9 cm³/mol. The summed E-state index contributed by atoms with van der Waals surface area (Å²) in [4.78, 5) is 15.0. The molecule has 112 valence electrons. The van der Waals surface area contributed by atoms with Gasteiger partial charge in [0.25, 0.3) is 0 Å². The molecule has 2 amide bonds. The van der Waals surface area contributed by atoms with Crippen molar-refractivity contribution < 1.29 is 9.53 Å². The van der Waals surface area contributed by atoms with Crippen molar-refractivity contribution in [3.8, 4) is 5.75 Å². The van der Waals surface area contributed by atoms with Crippen molar-refractivity contribution in [1.29, 1.82) is 0 Å². The highest BCUT2D eigenvalue weighted by Gasteiger charge is 2.19. The number of nitrogens with zero attached hydrogens (tertiary/aromatic N) is 2. The van der Waals surface area contributed by atoms with Gasteiger partial charge in [-0.15, -0.1) is 0 Å². The Kier molecular flexibility index (Phi) is 4.10. The van der Waals surface area contributed by atoms with Crippen LogP contribution in [0.1, 0.15) is 5.56 Å². The number of anilines is 1. The number of hydrogen-bond acceptors (Lipinski definition) is 2. The molecule has 2 aromatic rings. The maximum atomic E-state index is 11.7. The molecule has 0 radical (unpaired) electrons. The highest BCUT2D eigenvalue weighted by Crippen LogP contribution is 2.19. The maximum Gasteiger partial charge on any atom is 0.328 e. The summed E-state index contributed by atoms with van der Waals surface area (Å²) in [6, 6.07) is 17.8. The van der Waals surface area contributed by atoms with Crippen LogP contribution in [-0.2, 0) is 6.61 Å². The molecule has 22 heavy (non-hydrogen) atoms. The van der Waals surface area contributed by atoms with E-state index < -0.39 is 0 Å². The van der Waals surface area contributed by atoms with Gasteiger partial charge in [-0.2, -0.15) is 0 Å². The van der Waals surface area contributed by atoms with Crippen molar-refractivity contribution in [3.05, 3.63) is 72.4 Å². The van der Waals surface area contributed by atoms with E-state index in [9.17, 15) is 4.79 Å². The lowest BCUT2D eigenvalue weighted by Crippen LogP contribution is -2.41. The summed E-state index contributed by atoms with van der Waals surface area (Å²) in [5, 5.41) is 0. The average molecular weight is 294 g/mol. The minimum Gasteiger partial charge on any atom is -0.489 e. The number of hydrogen-bond donors (Lipinski definition) is 0. The first-order valence-electron chi connectivity index (χ1n) is 7.22. The van der Waals surface area contributed by atoms with E-state index in [0.29, 0.717) is 6.54 Å². The van der Waals surface area contributed by atoms with Gasteiger partial charge in [0.2, 0.25) is 0 Å². The van der Waals surface area contributed by atoms with E-state index in [-0.39, 0.29) is 6.03 Å². The first-order valence-corrected chi connectivity index (χ1v) is 7.22. The third-order valence-corrected chi connectivity index (χ3v) is 3.55. The van der Waals surface area contributed by atoms with Gasteiger partial charge in [-0.3, -0.25) is 4.90 Å². The van der Waals surface area contributed by atoms with E-state index in [2.05, 4.69) is 12.1 Å². The Hall–Kier alpha value is -2.75. The van der Waals surface area contributed by atoms with Crippen LogP contribution in [0.15, 0.2) is 66.9 Å². The molecule has 2 aromatic carbocycles. The summed E-state index contributed by atoms with van der Waals surface area (Å²) < 4.78 is 5.18. The lowest BCUT2D eigenvalue weighted by atomic mass is 10.2. The van der Waals surface area contributed by atoms with Crippen LogP contribution in [0.4, 0.5) is 10.5 Å². The zero-order valence-corrected chi connectivity index (χ0v) is 12.5. The molecule has 2 bridgehead atoms. The number of ether oxygens (including phenoxy) is 1. The zero-order valence-electron chi connectivity index (χ0n) is 12.5. The Morgan fingerprint density at radius 2 is 1.73 bits per heavy atom. The fourth-order valence-corrected chi connectivity index (χ4v) is 2.32. The van der Waals surface area contributed by atoms with Crippen molar-refractivity contribution in [2.24, 2.45) is 0 Å². The molecule has 3 aliphatic heterocycles. The highest BCUT2D eigenvalue weighted by atomic mass is 16.5. The summed E-state index contributed by atoms with van der Waals surface area (Å²) in [6.45, 7) is 1.41. The lowest BCUT2D eigenvalue weighted by molar-refractivity contribution is 0.227. The van der Waals surface area contributed by atoms with Crippen LogP contribution in [0.5, 0.6) is 5.75 Å². The van der Waals surface area contributed by atoms with Gasteiger partial charge in [0.1, 0.15) is 12.4 Å². The molecule has 0 aliphatic carbocycles. The third-order valence-electron chi connectivity index (χ3n) is 3.55. The number of rotatable bonds is 1. The second kappa shape index (κ2) is 6.35. The molecule has 0 aromatic heterocycles. The highest BCUT2D eigenvalue weighted by molar-refractivity contribution is 5.93. The quantitative estimate of drug-likeness (QED) is 0.804. The average Bonchev–Trinajstić information content (AvgIpc) is 2.60. The summed E-state index contributed by atoms with van der Waals surface area (Å²) in [6.07, 6.45) is 3.76. The normalized spacial score (nSPS) is 15.2. The minimum absolute atomic E-state index is 0.0127. The Labute approximate surface area is 130 Å². The van der Waals surface area contributed by atoms with Crippen LogP contribution in [0.2, 0.25) is 0 Å². The summed E-state index contributed by atoms with van der Waals surface area (Å²) in [5.74, 6) is 0.986. The van der Waals surface area contributed by atoms with Crippen molar-refractivity contribution in [1.82, 2.24) is 4.90 Å². The van der Waals surface area contributed by atoms with Gasteiger partial charge in [-0.1, -0.05) is 30.3 Å². The van der Waals surface area contributed by atoms with Crippen molar-refractivity contribution in [3.63, 3.8) is 0 Å². The Morgan fingerprint density at radius 1 is 1.00 bits per heavy atom. The number of fused-ring (bicyclic) bond motifs is 3. The molecule has 3 heterocycles. The molecule has 0 unspecified atom stereocenters. The second-order valence-corrected chi connectivity index (χ2v) is 5.16. The maximum absolute atomic E-state index is 11.7. The summed E-state index contributed by atoms with van der Waals surface area (Å²) >= 11 is 0. The van der Waals surface area contributed by atoms with Crippen molar-refractivity contribution in [2.75, 3.05) is 18.5 Å².